The van der Waals surface area contributed by atoms with E-state index in [9.17, 15) is 4.79 Å². The van der Waals surface area contributed by atoms with E-state index in [0.717, 1.165) is 5.56 Å². The van der Waals surface area contributed by atoms with Crippen LogP contribution in [-0.2, 0) is 4.74 Å². The maximum Gasteiger partial charge on any atom is 0.430 e. The van der Waals surface area contributed by atoms with E-state index in [1.54, 1.807) is 25.1 Å². The second-order valence-electron chi connectivity index (χ2n) is 4.05. The predicted molar refractivity (Wildman–Crippen MR) is 82.1 cm³/mol. The van der Waals surface area contributed by atoms with Crippen LogP contribution < -0.4 is 5.73 Å². The van der Waals surface area contributed by atoms with Crippen molar-refractivity contribution in [1.29, 1.82) is 0 Å². The summed E-state index contributed by atoms with van der Waals surface area (Å²) in [5, 5.41) is 6.20. The molecule has 0 fully saturated rings. The molecular formula is C14H20ClN3O2. The SMILES string of the molecule is CCOC(=O)N(CC)/N=C(\CC)c1cc(Cl)ccc1N. The van der Waals surface area contributed by atoms with Crippen LogP contribution in [0.5, 0.6) is 0 Å². The van der Waals surface area contributed by atoms with E-state index in [2.05, 4.69) is 5.10 Å². The first-order valence-electron chi connectivity index (χ1n) is 6.60. The zero-order chi connectivity index (χ0) is 15.1. The average molecular weight is 298 g/mol. The number of halogens is 1. The fraction of sp³-hybridized carbons (Fsp3) is 0.429. The Bertz CT molecular complexity index is 503. The molecule has 0 heterocycles. The van der Waals surface area contributed by atoms with Crippen molar-refractivity contribution in [2.24, 2.45) is 5.10 Å². The molecule has 0 radical (unpaired) electrons. The van der Waals surface area contributed by atoms with Crippen molar-refractivity contribution < 1.29 is 9.53 Å². The summed E-state index contributed by atoms with van der Waals surface area (Å²) in [6.45, 7) is 6.26. The standard InChI is InChI=1S/C14H20ClN3O2/c1-4-13(11-9-10(15)7-8-12(11)16)17-18(5-2)14(19)20-6-3/h7-9H,4-6,16H2,1-3H3/b17-13+. The highest BCUT2D eigenvalue weighted by Gasteiger charge is 2.14. The molecule has 0 aromatic heterocycles. The molecule has 0 saturated heterocycles. The van der Waals surface area contributed by atoms with Gasteiger partial charge in [-0.1, -0.05) is 18.5 Å². The molecule has 0 spiro atoms. The van der Waals surface area contributed by atoms with E-state index < -0.39 is 6.09 Å². The van der Waals surface area contributed by atoms with Gasteiger partial charge in [-0.3, -0.25) is 0 Å². The molecule has 6 heteroatoms. The second-order valence-corrected chi connectivity index (χ2v) is 4.48. The first kappa shape index (κ1) is 16.3. The van der Waals surface area contributed by atoms with E-state index in [0.29, 0.717) is 36.0 Å². The van der Waals surface area contributed by atoms with Gasteiger partial charge in [0, 0.05) is 22.8 Å². The Morgan fingerprint density at radius 2 is 2.10 bits per heavy atom. The molecular weight excluding hydrogens is 278 g/mol. The summed E-state index contributed by atoms with van der Waals surface area (Å²) < 4.78 is 4.95. The van der Waals surface area contributed by atoms with Gasteiger partial charge < -0.3 is 10.5 Å². The van der Waals surface area contributed by atoms with Crippen molar-refractivity contribution in [3.05, 3.63) is 28.8 Å². The van der Waals surface area contributed by atoms with Crippen LogP contribution in [0, 0.1) is 0 Å². The smallest absolute Gasteiger partial charge is 0.430 e. The Balaban J connectivity index is 3.12. The normalized spacial score (nSPS) is 11.3. The number of rotatable bonds is 5. The first-order chi connectivity index (χ1) is 9.53. The van der Waals surface area contributed by atoms with Gasteiger partial charge >= 0.3 is 6.09 Å². The molecule has 5 nitrogen and oxygen atoms in total. The number of nitrogens with zero attached hydrogens (tertiary/aromatic N) is 2. The Hall–Kier alpha value is -1.75. The number of nitrogen functional groups attached to an aromatic ring is 1. The molecule has 0 aliphatic rings. The molecule has 0 aliphatic carbocycles. The van der Waals surface area contributed by atoms with Gasteiger partial charge in [0.05, 0.1) is 12.3 Å². The van der Waals surface area contributed by atoms with Gasteiger partial charge in [-0.15, -0.1) is 0 Å². The monoisotopic (exact) mass is 297 g/mol. The second kappa shape index (κ2) is 7.75. The number of anilines is 1. The van der Waals surface area contributed by atoms with Crippen molar-refractivity contribution in [1.82, 2.24) is 5.01 Å². The maximum absolute atomic E-state index is 11.7. The van der Waals surface area contributed by atoms with Crippen LogP contribution in [-0.4, -0.2) is 30.0 Å². The van der Waals surface area contributed by atoms with Crippen LogP contribution in [0.3, 0.4) is 0 Å². The van der Waals surface area contributed by atoms with Crippen molar-refractivity contribution >= 4 is 29.1 Å². The summed E-state index contributed by atoms with van der Waals surface area (Å²) in [6.07, 6.45) is 0.155. The number of nitrogens with two attached hydrogens (primary N) is 1. The van der Waals surface area contributed by atoms with Gasteiger partial charge in [-0.2, -0.15) is 10.1 Å². The summed E-state index contributed by atoms with van der Waals surface area (Å²) in [5.74, 6) is 0. The maximum atomic E-state index is 11.7. The number of amides is 1. The molecule has 20 heavy (non-hydrogen) atoms. The van der Waals surface area contributed by atoms with E-state index in [-0.39, 0.29) is 0 Å². The minimum atomic E-state index is -0.471. The lowest BCUT2D eigenvalue weighted by Gasteiger charge is -2.17. The fourth-order valence-corrected chi connectivity index (χ4v) is 1.85. The van der Waals surface area contributed by atoms with Crippen LogP contribution in [0.4, 0.5) is 10.5 Å². The molecule has 0 saturated carbocycles. The third-order valence-electron chi connectivity index (χ3n) is 2.68. The molecule has 1 rings (SSSR count). The van der Waals surface area contributed by atoms with E-state index >= 15 is 0 Å². The van der Waals surface area contributed by atoms with Crippen molar-refractivity contribution in [3.8, 4) is 0 Å². The Kier molecular flexibility index (Phi) is 6.31. The number of carbonyl (C=O) groups excluding carboxylic acids is 1. The summed E-state index contributed by atoms with van der Waals surface area (Å²) in [7, 11) is 0. The minimum Gasteiger partial charge on any atom is -0.448 e. The summed E-state index contributed by atoms with van der Waals surface area (Å²) >= 11 is 5.98. The number of hydrazone groups is 1. The Morgan fingerprint density at radius 1 is 1.40 bits per heavy atom. The van der Waals surface area contributed by atoms with Crippen LogP contribution in [0.25, 0.3) is 0 Å². The quantitative estimate of drug-likeness (QED) is 0.514. The molecule has 2 N–H and O–H groups in total. The number of hydrogen-bond donors (Lipinski definition) is 1. The zero-order valence-corrected chi connectivity index (χ0v) is 12.8. The fourth-order valence-electron chi connectivity index (χ4n) is 1.68. The highest BCUT2D eigenvalue weighted by atomic mass is 35.5. The third kappa shape index (κ3) is 4.13. The highest BCUT2D eigenvalue weighted by molar-refractivity contribution is 6.31. The lowest BCUT2D eigenvalue weighted by molar-refractivity contribution is 0.110. The molecule has 1 aromatic rings. The molecule has 0 unspecified atom stereocenters. The summed E-state index contributed by atoms with van der Waals surface area (Å²) in [5.41, 5.74) is 7.96. The Labute approximate surface area is 124 Å². The van der Waals surface area contributed by atoms with Crippen LogP contribution >= 0.6 is 11.6 Å². The van der Waals surface area contributed by atoms with Crippen molar-refractivity contribution in [2.75, 3.05) is 18.9 Å². The zero-order valence-electron chi connectivity index (χ0n) is 12.0. The molecule has 0 aliphatic heterocycles. The van der Waals surface area contributed by atoms with Gasteiger partial charge in [0.1, 0.15) is 0 Å². The van der Waals surface area contributed by atoms with E-state index in [1.165, 1.54) is 5.01 Å². The lowest BCUT2D eigenvalue weighted by Crippen LogP contribution is -2.28. The predicted octanol–water partition coefficient (Wildman–Crippen LogP) is 3.51. The molecule has 1 amide bonds. The highest BCUT2D eigenvalue weighted by Crippen LogP contribution is 2.20. The van der Waals surface area contributed by atoms with Gasteiger partial charge in [0.25, 0.3) is 0 Å². The van der Waals surface area contributed by atoms with Crippen LogP contribution in [0.15, 0.2) is 23.3 Å². The van der Waals surface area contributed by atoms with Crippen LogP contribution in [0.2, 0.25) is 5.02 Å². The van der Waals surface area contributed by atoms with Gasteiger partial charge in [0.2, 0.25) is 0 Å². The molecule has 0 atom stereocenters. The summed E-state index contributed by atoms with van der Waals surface area (Å²) in [6, 6.07) is 5.19. The first-order valence-corrected chi connectivity index (χ1v) is 6.98. The number of carbonyl (C=O) groups is 1. The van der Waals surface area contributed by atoms with Crippen molar-refractivity contribution in [3.63, 3.8) is 0 Å². The third-order valence-corrected chi connectivity index (χ3v) is 2.92. The molecule has 0 bridgehead atoms. The largest absolute Gasteiger partial charge is 0.448 e. The number of ether oxygens (including phenoxy) is 1. The average Bonchev–Trinajstić information content (AvgIpc) is 2.43. The Morgan fingerprint density at radius 3 is 2.65 bits per heavy atom. The number of hydrogen-bond acceptors (Lipinski definition) is 4. The van der Waals surface area contributed by atoms with Gasteiger partial charge in [0.15, 0.2) is 0 Å². The van der Waals surface area contributed by atoms with E-state index in [1.807, 2.05) is 13.8 Å². The molecule has 110 valence electrons. The van der Waals surface area contributed by atoms with E-state index in [4.69, 9.17) is 22.1 Å². The van der Waals surface area contributed by atoms with Crippen LogP contribution in [0.1, 0.15) is 32.8 Å². The topological polar surface area (TPSA) is 67.9 Å². The number of benzene rings is 1. The lowest BCUT2D eigenvalue weighted by atomic mass is 10.1. The molecule has 1 aromatic carbocycles. The minimum absolute atomic E-state index is 0.311. The van der Waals surface area contributed by atoms with Crippen molar-refractivity contribution in [2.45, 2.75) is 27.2 Å². The van der Waals surface area contributed by atoms with Gasteiger partial charge in [-0.05, 0) is 38.5 Å². The van der Waals surface area contributed by atoms with Gasteiger partial charge in [-0.25, -0.2) is 4.79 Å². The summed E-state index contributed by atoms with van der Waals surface area (Å²) in [4.78, 5) is 11.7.